The van der Waals surface area contributed by atoms with Gasteiger partial charge in [-0.1, -0.05) is 12.1 Å². The lowest BCUT2D eigenvalue weighted by Gasteiger charge is -2.05. The second-order valence-electron chi connectivity index (χ2n) is 2.63. The number of sulfonamides is 1. The van der Waals surface area contributed by atoms with E-state index in [2.05, 4.69) is 10.8 Å². The second kappa shape index (κ2) is 5.09. The fourth-order valence-corrected chi connectivity index (χ4v) is 1.93. The molecule has 0 bridgehead atoms. The van der Waals surface area contributed by atoms with Crippen molar-refractivity contribution in [2.24, 2.45) is 0 Å². The average molecular weight is 214 g/mol. The van der Waals surface area contributed by atoms with Crippen molar-refractivity contribution in [2.45, 2.75) is 4.90 Å². The summed E-state index contributed by atoms with van der Waals surface area (Å²) in [5, 5.41) is 0. The van der Waals surface area contributed by atoms with E-state index in [1.807, 2.05) is 0 Å². The quantitative estimate of drug-likeness (QED) is 0.722. The van der Waals surface area contributed by atoms with Crippen LogP contribution in [0.4, 0.5) is 0 Å². The van der Waals surface area contributed by atoms with Crippen molar-refractivity contribution in [2.75, 3.05) is 20.3 Å². The molecule has 0 unspecified atom stereocenters. The Morgan fingerprint density at radius 2 is 2.07 bits per heavy atom. The van der Waals surface area contributed by atoms with Crippen molar-refractivity contribution in [3.8, 4) is 0 Å². The van der Waals surface area contributed by atoms with E-state index in [0.29, 0.717) is 6.61 Å². The van der Waals surface area contributed by atoms with Crippen LogP contribution >= 0.6 is 0 Å². The molecule has 0 spiro atoms. The van der Waals surface area contributed by atoms with Gasteiger partial charge >= 0.3 is 0 Å². The Balaban J connectivity index is 2.67. The molecule has 1 aromatic rings. The molecule has 0 amide bonds. The van der Waals surface area contributed by atoms with Gasteiger partial charge in [-0.15, -0.1) is 0 Å². The van der Waals surface area contributed by atoms with E-state index in [9.17, 15) is 8.42 Å². The van der Waals surface area contributed by atoms with Gasteiger partial charge in [0.1, 0.15) is 0 Å². The highest BCUT2D eigenvalue weighted by Gasteiger charge is 2.11. The third kappa shape index (κ3) is 3.10. The summed E-state index contributed by atoms with van der Waals surface area (Å²) in [6, 6.07) is 8.87. The van der Waals surface area contributed by atoms with Gasteiger partial charge in [0, 0.05) is 13.7 Å². The van der Waals surface area contributed by atoms with Gasteiger partial charge in [0.2, 0.25) is 10.0 Å². The molecule has 4 nitrogen and oxygen atoms in total. The number of nitrogens with one attached hydrogen (secondary N) is 1. The van der Waals surface area contributed by atoms with Gasteiger partial charge in [-0.05, 0) is 18.2 Å². The zero-order valence-electron chi connectivity index (χ0n) is 7.86. The summed E-state index contributed by atoms with van der Waals surface area (Å²) in [6.07, 6.45) is 0. The first-order chi connectivity index (χ1) is 6.67. The summed E-state index contributed by atoms with van der Waals surface area (Å²) in [6.45, 7) is 0.635. The predicted molar refractivity (Wildman–Crippen MR) is 52.3 cm³/mol. The summed E-state index contributed by atoms with van der Waals surface area (Å²) in [4.78, 5) is 0.243. The van der Waals surface area contributed by atoms with Crippen molar-refractivity contribution in [1.29, 1.82) is 0 Å². The van der Waals surface area contributed by atoms with Crippen LogP contribution in [0.3, 0.4) is 0 Å². The fourth-order valence-electron chi connectivity index (χ4n) is 0.912. The molecule has 0 aromatic heterocycles. The first-order valence-electron chi connectivity index (χ1n) is 4.11. The Morgan fingerprint density at radius 3 is 2.64 bits per heavy atom. The monoisotopic (exact) mass is 214 g/mol. The van der Waals surface area contributed by atoms with Crippen LogP contribution in [-0.4, -0.2) is 28.7 Å². The number of methoxy groups -OCH3 is 1. The largest absolute Gasteiger partial charge is 0.383 e. The third-order valence-corrected chi connectivity index (χ3v) is 3.07. The van der Waals surface area contributed by atoms with Crippen molar-refractivity contribution in [3.05, 3.63) is 30.3 Å². The topological polar surface area (TPSA) is 55.4 Å². The minimum atomic E-state index is -3.38. The molecule has 1 radical (unpaired) electrons. The van der Waals surface area contributed by atoms with Crippen LogP contribution in [0.15, 0.2) is 29.2 Å². The third-order valence-electron chi connectivity index (χ3n) is 1.60. The number of ether oxygens (including phenoxy) is 1. The summed E-state index contributed by atoms with van der Waals surface area (Å²) >= 11 is 0. The Morgan fingerprint density at radius 1 is 1.43 bits per heavy atom. The van der Waals surface area contributed by atoms with E-state index in [1.54, 1.807) is 12.1 Å². The van der Waals surface area contributed by atoms with Gasteiger partial charge in [-0.2, -0.15) is 0 Å². The van der Waals surface area contributed by atoms with Crippen molar-refractivity contribution >= 4 is 10.0 Å². The van der Waals surface area contributed by atoms with E-state index < -0.39 is 10.0 Å². The smallest absolute Gasteiger partial charge is 0.240 e. The molecule has 14 heavy (non-hydrogen) atoms. The Bertz CT molecular complexity index is 361. The molecule has 0 saturated heterocycles. The summed E-state index contributed by atoms with van der Waals surface area (Å²) < 4.78 is 30.2. The fraction of sp³-hybridized carbons (Fsp3) is 0.333. The van der Waals surface area contributed by atoms with Crippen molar-refractivity contribution in [3.63, 3.8) is 0 Å². The number of benzene rings is 1. The van der Waals surface area contributed by atoms with Crippen LogP contribution in [0.25, 0.3) is 0 Å². The zero-order valence-corrected chi connectivity index (χ0v) is 8.67. The first kappa shape index (κ1) is 11.2. The van der Waals surface area contributed by atoms with Crippen LogP contribution in [0.1, 0.15) is 0 Å². The molecule has 0 aliphatic carbocycles. The van der Waals surface area contributed by atoms with Crippen molar-refractivity contribution < 1.29 is 13.2 Å². The number of rotatable bonds is 5. The lowest BCUT2D eigenvalue weighted by molar-refractivity contribution is 0.204. The average Bonchev–Trinajstić information content (AvgIpc) is 2.19. The lowest BCUT2D eigenvalue weighted by atomic mass is 10.4. The minimum Gasteiger partial charge on any atom is -0.383 e. The van der Waals surface area contributed by atoms with Crippen molar-refractivity contribution in [1.82, 2.24) is 4.72 Å². The van der Waals surface area contributed by atoms with Gasteiger partial charge in [0.25, 0.3) is 0 Å². The van der Waals surface area contributed by atoms with Crippen LogP contribution in [0.2, 0.25) is 0 Å². The standard InChI is InChI=1S/C9H12NO3S/c1-13-8-7-10-14(11,12)9-5-3-2-4-6-9/h3-6,10H,7-8H2,1H3. The molecule has 0 aliphatic rings. The maximum absolute atomic E-state index is 11.5. The maximum atomic E-state index is 11.5. The van der Waals surface area contributed by atoms with E-state index >= 15 is 0 Å². The SMILES string of the molecule is COCCNS(=O)(=O)c1cc[c]cc1. The van der Waals surface area contributed by atoms with E-state index in [-0.39, 0.29) is 11.4 Å². The first-order valence-corrected chi connectivity index (χ1v) is 5.60. The normalized spacial score (nSPS) is 11.5. The van der Waals surface area contributed by atoms with Gasteiger partial charge in [0.05, 0.1) is 11.5 Å². The summed E-state index contributed by atoms with van der Waals surface area (Å²) in [7, 11) is -1.86. The predicted octanol–water partition coefficient (Wildman–Crippen LogP) is 0.411. The van der Waals surface area contributed by atoms with Gasteiger partial charge in [0.15, 0.2) is 0 Å². The Labute approximate surface area is 84.0 Å². The van der Waals surface area contributed by atoms with E-state index in [0.717, 1.165) is 0 Å². The van der Waals surface area contributed by atoms with Gasteiger partial charge in [-0.25, -0.2) is 13.1 Å². The highest BCUT2D eigenvalue weighted by Crippen LogP contribution is 2.05. The molecule has 0 saturated carbocycles. The highest BCUT2D eigenvalue weighted by molar-refractivity contribution is 7.89. The molecular weight excluding hydrogens is 202 g/mol. The molecule has 1 N–H and O–H groups in total. The maximum Gasteiger partial charge on any atom is 0.240 e. The molecule has 5 heteroatoms. The van der Waals surface area contributed by atoms with E-state index in [1.165, 1.54) is 19.2 Å². The molecule has 0 aliphatic heterocycles. The zero-order chi connectivity index (χ0) is 10.4. The Hall–Kier alpha value is -0.910. The van der Waals surface area contributed by atoms with Gasteiger partial charge in [-0.3, -0.25) is 0 Å². The Kier molecular flexibility index (Phi) is 4.06. The molecule has 0 atom stereocenters. The van der Waals surface area contributed by atoms with E-state index in [4.69, 9.17) is 4.74 Å². The van der Waals surface area contributed by atoms with Gasteiger partial charge < -0.3 is 4.74 Å². The molecule has 0 heterocycles. The highest BCUT2D eigenvalue weighted by atomic mass is 32.2. The van der Waals surface area contributed by atoms with Crippen LogP contribution in [0.5, 0.6) is 0 Å². The minimum absolute atomic E-state index is 0.243. The second-order valence-corrected chi connectivity index (χ2v) is 4.39. The number of hydrogen-bond donors (Lipinski definition) is 1. The number of hydrogen-bond acceptors (Lipinski definition) is 3. The molecule has 0 fully saturated rings. The van der Waals surface area contributed by atoms with Crippen LogP contribution in [-0.2, 0) is 14.8 Å². The lowest BCUT2D eigenvalue weighted by Crippen LogP contribution is -2.27. The summed E-state index contributed by atoms with van der Waals surface area (Å²) in [5.74, 6) is 0. The van der Waals surface area contributed by atoms with Crippen LogP contribution < -0.4 is 4.72 Å². The molecular formula is C9H12NO3S. The summed E-state index contributed by atoms with van der Waals surface area (Å²) in [5.41, 5.74) is 0. The molecule has 1 aromatic carbocycles. The van der Waals surface area contributed by atoms with Crippen LogP contribution in [0, 0.1) is 6.07 Å². The molecule has 1 rings (SSSR count). The molecule has 77 valence electrons.